The second kappa shape index (κ2) is 6.12. The summed E-state index contributed by atoms with van der Waals surface area (Å²) in [5.41, 5.74) is -0.482. The molecular formula is C15H25NO4. The molecule has 1 saturated carbocycles. The first kappa shape index (κ1) is 15.3. The van der Waals surface area contributed by atoms with Crippen LogP contribution in [0.1, 0.15) is 46.5 Å². The van der Waals surface area contributed by atoms with Crippen molar-refractivity contribution in [2.45, 2.75) is 58.0 Å². The molecule has 0 N–H and O–H groups in total. The van der Waals surface area contributed by atoms with E-state index in [0.717, 1.165) is 25.8 Å². The van der Waals surface area contributed by atoms with Crippen LogP contribution in [0.25, 0.3) is 0 Å². The van der Waals surface area contributed by atoms with Crippen molar-refractivity contribution in [1.82, 2.24) is 4.90 Å². The van der Waals surface area contributed by atoms with Crippen molar-refractivity contribution in [2.24, 2.45) is 5.92 Å². The van der Waals surface area contributed by atoms with Gasteiger partial charge in [0.25, 0.3) is 0 Å². The van der Waals surface area contributed by atoms with E-state index in [2.05, 4.69) is 11.8 Å². The monoisotopic (exact) mass is 283 g/mol. The van der Waals surface area contributed by atoms with Gasteiger partial charge >= 0.3 is 11.9 Å². The summed E-state index contributed by atoms with van der Waals surface area (Å²) < 4.78 is 10.3. The van der Waals surface area contributed by atoms with Gasteiger partial charge in [0.2, 0.25) is 0 Å². The van der Waals surface area contributed by atoms with Gasteiger partial charge in [-0.2, -0.15) is 0 Å². The summed E-state index contributed by atoms with van der Waals surface area (Å²) in [6.07, 6.45) is 3.19. The van der Waals surface area contributed by atoms with Crippen molar-refractivity contribution >= 4 is 11.9 Å². The number of hydrogen-bond donors (Lipinski definition) is 0. The van der Waals surface area contributed by atoms with Crippen molar-refractivity contribution in [3.05, 3.63) is 0 Å². The average molecular weight is 283 g/mol. The SMILES string of the molecule is CCOC(=O)C[C@@H]1CCCN1C1(C(=O)OCC)CC1C. The molecule has 3 atom stereocenters. The second-order valence-electron chi connectivity index (χ2n) is 5.75. The lowest BCUT2D eigenvalue weighted by Gasteiger charge is -2.32. The minimum absolute atomic E-state index is 0.114. The quantitative estimate of drug-likeness (QED) is 0.695. The lowest BCUT2D eigenvalue weighted by molar-refractivity contribution is -0.154. The van der Waals surface area contributed by atoms with E-state index in [1.807, 2.05) is 13.8 Å². The summed E-state index contributed by atoms with van der Waals surface area (Å²) in [4.78, 5) is 26.2. The van der Waals surface area contributed by atoms with E-state index in [9.17, 15) is 9.59 Å². The molecule has 114 valence electrons. The molecular weight excluding hydrogens is 258 g/mol. The van der Waals surface area contributed by atoms with Crippen molar-refractivity contribution in [3.63, 3.8) is 0 Å². The maximum atomic E-state index is 12.3. The van der Waals surface area contributed by atoms with Crippen LogP contribution in [-0.4, -0.2) is 48.2 Å². The van der Waals surface area contributed by atoms with E-state index < -0.39 is 5.54 Å². The zero-order valence-electron chi connectivity index (χ0n) is 12.7. The third kappa shape index (κ3) is 2.68. The maximum absolute atomic E-state index is 12.3. The minimum atomic E-state index is -0.482. The highest BCUT2D eigenvalue weighted by molar-refractivity contribution is 5.85. The molecule has 1 saturated heterocycles. The number of rotatable bonds is 6. The molecule has 2 aliphatic rings. The number of carbonyl (C=O) groups excluding carboxylic acids is 2. The summed E-state index contributed by atoms with van der Waals surface area (Å²) in [6.45, 7) is 7.41. The van der Waals surface area contributed by atoms with Crippen molar-refractivity contribution < 1.29 is 19.1 Å². The van der Waals surface area contributed by atoms with Crippen molar-refractivity contribution in [1.29, 1.82) is 0 Å². The number of carbonyl (C=O) groups is 2. The highest BCUT2D eigenvalue weighted by Gasteiger charge is 2.64. The molecule has 0 amide bonds. The minimum Gasteiger partial charge on any atom is -0.466 e. The fourth-order valence-corrected chi connectivity index (χ4v) is 3.45. The van der Waals surface area contributed by atoms with E-state index >= 15 is 0 Å². The second-order valence-corrected chi connectivity index (χ2v) is 5.75. The Morgan fingerprint density at radius 3 is 2.45 bits per heavy atom. The Balaban J connectivity index is 2.05. The van der Waals surface area contributed by atoms with Crippen molar-refractivity contribution in [3.8, 4) is 0 Å². The van der Waals surface area contributed by atoms with E-state index in [1.54, 1.807) is 0 Å². The van der Waals surface area contributed by atoms with Crippen LogP contribution in [0.5, 0.6) is 0 Å². The first-order valence-electron chi connectivity index (χ1n) is 7.65. The average Bonchev–Trinajstić information content (AvgIpc) is 2.86. The fraction of sp³-hybridized carbons (Fsp3) is 0.867. The number of esters is 2. The van der Waals surface area contributed by atoms with Crippen molar-refractivity contribution in [2.75, 3.05) is 19.8 Å². The van der Waals surface area contributed by atoms with Gasteiger partial charge in [-0.3, -0.25) is 14.5 Å². The van der Waals surface area contributed by atoms with Crippen LogP contribution in [0.2, 0.25) is 0 Å². The summed E-state index contributed by atoms with van der Waals surface area (Å²) >= 11 is 0. The van der Waals surface area contributed by atoms with Gasteiger partial charge in [-0.15, -0.1) is 0 Å². The molecule has 0 aromatic carbocycles. The highest BCUT2D eigenvalue weighted by atomic mass is 16.5. The number of nitrogens with zero attached hydrogens (tertiary/aromatic N) is 1. The summed E-state index contributed by atoms with van der Waals surface area (Å²) in [7, 11) is 0. The molecule has 0 bridgehead atoms. The van der Waals surface area contributed by atoms with Gasteiger partial charge in [-0.05, 0) is 45.6 Å². The first-order valence-corrected chi connectivity index (χ1v) is 7.65. The number of hydrogen-bond acceptors (Lipinski definition) is 5. The van der Waals surface area contributed by atoms with Crippen LogP contribution >= 0.6 is 0 Å². The van der Waals surface area contributed by atoms with Crippen LogP contribution in [0, 0.1) is 5.92 Å². The molecule has 0 spiro atoms. The molecule has 2 unspecified atom stereocenters. The summed E-state index contributed by atoms with van der Waals surface area (Å²) in [5, 5.41) is 0. The normalized spacial score (nSPS) is 33.0. The lowest BCUT2D eigenvalue weighted by atomic mass is 10.1. The van der Waals surface area contributed by atoms with E-state index in [0.29, 0.717) is 25.6 Å². The Hall–Kier alpha value is -1.10. The van der Waals surface area contributed by atoms with Gasteiger partial charge < -0.3 is 9.47 Å². The molecule has 1 heterocycles. The molecule has 2 fully saturated rings. The topological polar surface area (TPSA) is 55.8 Å². The Kier molecular flexibility index (Phi) is 4.68. The van der Waals surface area contributed by atoms with Crippen LogP contribution in [0.4, 0.5) is 0 Å². The molecule has 5 heteroatoms. The van der Waals surface area contributed by atoms with E-state index in [4.69, 9.17) is 9.47 Å². The lowest BCUT2D eigenvalue weighted by Crippen LogP contribution is -2.49. The maximum Gasteiger partial charge on any atom is 0.326 e. The molecule has 2 rings (SSSR count). The Labute approximate surface area is 120 Å². The van der Waals surface area contributed by atoms with Gasteiger partial charge in [0, 0.05) is 6.04 Å². The zero-order valence-corrected chi connectivity index (χ0v) is 12.7. The third-order valence-corrected chi connectivity index (χ3v) is 4.50. The standard InChI is InChI=1S/C15H25NO4/c1-4-19-13(17)9-12-7-6-8-16(12)15(10-11(15)3)14(18)20-5-2/h11-12H,4-10H2,1-3H3/t11?,12-,15?/m0/s1. The molecule has 20 heavy (non-hydrogen) atoms. The van der Waals surface area contributed by atoms with Crippen LogP contribution < -0.4 is 0 Å². The Morgan fingerprint density at radius 1 is 1.25 bits per heavy atom. The van der Waals surface area contributed by atoms with Crippen LogP contribution in [-0.2, 0) is 19.1 Å². The highest BCUT2D eigenvalue weighted by Crippen LogP contribution is 2.52. The molecule has 0 aromatic rings. The largest absolute Gasteiger partial charge is 0.466 e. The number of likely N-dealkylation sites (tertiary alicyclic amines) is 1. The molecule has 1 aliphatic carbocycles. The van der Waals surface area contributed by atoms with Gasteiger partial charge in [-0.25, -0.2) is 0 Å². The Morgan fingerprint density at radius 2 is 1.90 bits per heavy atom. The number of ether oxygens (including phenoxy) is 2. The van der Waals surface area contributed by atoms with E-state index in [1.165, 1.54) is 0 Å². The molecule has 0 aromatic heterocycles. The van der Waals surface area contributed by atoms with Gasteiger partial charge in [0.05, 0.1) is 19.6 Å². The smallest absolute Gasteiger partial charge is 0.326 e. The van der Waals surface area contributed by atoms with Gasteiger partial charge in [0.1, 0.15) is 5.54 Å². The predicted octanol–water partition coefficient (Wildman–Crippen LogP) is 1.75. The first-order chi connectivity index (χ1) is 9.56. The van der Waals surface area contributed by atoms with Gasteiger partial charge in [-0.1, -0.05) is 6.92 Å². The van der Waals surface area contributed by atoms with Crippen LogP contribution in [0.15, 0.2) is 0 Å². The summed E-state index contributed by atoms with van der Waals surface area (Å²) in [5.74, 6) is 0.0179. The summed E-state index contributed by atoms with van der Waals surface area (Å²) in [6, 6.07) is 0.114. The molecule has 5 nitrogen and oxygen atoms in total. The van der Waals surface area contributed by atoms with Gasteiger partial charge in [0.15, 0.2) is 0 Å². The van der Waals surface area contributed by atoms with Crippen LogP contribution in [0.3, 0.4) is 0 Å². The molecule has 0 radical (unpaired) electrons. The fourth-order valence-electron chi connectivity index (χ4n) is 3.45. The predicted molar refractivity (Wildman–Crippen MR) is 74.1 cm³/mol. The van der Waals surface area contributed by atoms with E-state index in [-0.39, 0.29) is 18.0 Å². The third-order valence-electron chi connectivity index (χ3n) is 4.50. The Bertz CT molecular complexity index is 384. The zero-order chi connectivity index (χ0) is 14.8. The molecule has 1 aliphatic heterocycles.